The standard InChI is InChI=1S/C24H18N2O4.C15H14N2O4.C3H6.C2H6/c1-16-7-11-19(12-8-16)25-24(28)29-20-13-9-17(10-14-20)15-21-23(27)30-22(26-21)18-5-3-2-4-6-18;1-3-9(2)13-17-12(14(18)21-13)8-10-4-6-11(7-5-10)20-15(16)19;1-3-2;1-2/h2-15H,1H3,(H,25,28);3-8H,1-2H3,(H2,16,19);3H,1H2,2H3;1-2H3/b21-15+;9-3+,12-8+;;. The number of nitrogens with one attached hydrogen (secondary N) is 1. The second-order valence-electron chi connectivity index (χ2n) is 11.4. The second-order valence-corrected chi connectivity index (χ2v) is 11.4. The van der Waals surface area contributed by atoms with Crippen molar-refractivity contribution >= 4 is 53.8 Å². The van der Waals surface area contributed by atoms with Crippen molar-refractivity contribution in [1.29, 1.82) is 0 Å². The molecule has 2 aliphatic heterocycles. The van der Waals surface area contributed by atoms with Crippen LogP contribution in [0, 0.1) is 6.92 Å². The van der Waals surface area contributed by atoms with E-state index in [2.05, 4.69) is 21.9 Å². The third-order valence-corrected chi connectivity index (χ3v) is 7.13. The van der Waals surface area contributed by atoms with Gasteiger partial charge in [0.15, 0.2) is 11.4 Å². The number of rotatable bonds is 7. The first-order valence-corrected chi connectivity index (χ1v) is 17.5. The van der Waals surface area contributed by atoms with Crippen molar-refractivity contribution in [2.24, 2.45) is 15.7 Å². The van der Waals surface area contributed by atoms with Crippen molar-refractivity contribution in [3.8, 4) is 11.5 Å². The predicted molar refractivity (Wildman–Crippen MR) is 219 cm³/mol. The number of anilines is 1. The van der Waals surface area contributed by atoms with Crippen molar-refractivity contribution in [2.75, 3.05) is 5.32 Å². The van der Waals surface area contributed by atoms with Crippen molar-refractivity contribution in [1.82, 2.24) is 0 Å². The van der Waals surface area contributed by atoms with Gasteiger partial charge < -0.3 is 24.7 Å². The van der Waals surface area contributed by atoms with Crippen LogP contribution in [0.3, 0.4) is 0 Å². The van der Waals surface area contributed by atoms with E-state index >= 15 is 0 Å². The number of aliphatic imine (C=N–C) groups is 2. The average molecular weight is 757 g/mol. The highest BCUT2D eigenvalue weighted by molar-refractivity contribution is 6.13. The molecule has 0 saturated heterocycles. The Morgan fingerprint density at radius 2 is 1.23 bits per heavy atom. The van der Waals surface area contributed by atoms with Gasteiger partial charge in [-0.3, -0.25) is 5.32 Å². The van der Waals surface area contributed by atoms with E-state index in [9.17, 15) is 19.2 Å². The second kappa shape index (κ2) is 22.0. The fourth-order valence-corrected chi connectivity index (χ4v) is 4.40. The number of nitrogens with zero attached hydrogens (tertiary/aromatic N) is 2. The molecule has 3 N–H and O–H groups in total. The van der Waals surface area contributed by atoms with Crippen LogP contribution in [-0.2, 0) is 19.1 Å². The maximum absolute atomic E-state index is 12.1. The third kappa shape index (κ3) is 13.6. The molecule has 0 aromatic heterocycles. The zero-order valence-corrected chi connectivity index (χ0v) is 32.1. The summed E-state index contributed by atoms with van der Waals surface area (Å²) in [4.78, 5) is 54.8. The fourth-order valence-electron chi connectivity index (χ4n) is 4.40. The summed E-state index contributed by atoms with van der Waals surface area (Å²) < 4.78 is 20.3. The highest BCUT2D eigenvalue weighted by atomic mass is 16.6. The van der Waals surface area contributed by atoms with E-state index in [-0.39, 0.29) is 17.3 Å². The average Bonchev–Trinajstić information content (AvgIpc) is 3.76. The molecule has 56 heavy (non-hydrogen) atoms. The van der Waals surface area contributed by atoms with Crippen LogP contribution >= 0.6 is 0 Å². The summed E-state index contributed by atoms with van der Waals surface area (Å²) in [5, 5.41) is 2.67. The van der Waals surface area contributed by atoms with Crippen LogP contribution in [0.2, 0.25) is 0 Å². The molecule has 0 aliphatic carbocycles. The lowest BCUT2D eigenvalue weighted by Crippen LogP contribution is -2.16. The summed E-state index contributed by atoms with van der Waals surface area (Å²) in [6.45, 7) is 14.9. The molecule has 0 fully saturated rings. The molecule has 0 bridgehead atoms. The van der Waals surface area contributed by atoms with E-state index in [0.717, 1.165) is 27.8 Å². The number of allylic oxidation sites excluding steroid dienone is 2. The minimum atomic E-state index is -0.878. The number of carbonyl (C=O) groups is 4. The first-order valence-electron chi connectivity index (χ1n) is 17.5. The SMILES string of the molecule is C/C=C(\C)C1=N/C(=C/c2ccc(OC(N)=O)cc2)C(=O)O1.C=CC.CC.Cc1ccc(NC(=O)Oc2ccc(/C=C3/N=C(c4ccccc4)OC3=O)cc2)cc1. The topological polar surface area (TPSA) is 168 Å². The molecule has 12 nitrogen and oxygen atoms in total. The van der Waals surface area contributed by atoms with Crippen molar-refractivity contribution in [3.63, 3.8) is 0 Å². The Morgan fingerprint density at radius 1 is 0.732 bits per heavy atom. The van der Waals surface area contributed by atoms with Gasteiger partial charge in [-0.05, 0) is 99.5 Å². The largest absolute Gasteiger partial charge is 0.417 e. The molecule has 0 spiro atoms. The lowest BCUT2D eigenvalue weighted by Gasteiger charge is -2.07. The van der Waals surface area contributed by atoms with Crippen molar-refractivity contribution in [2.45, 2.75) is 41.5 Å². The Balaban J connectivity index is 0.000000283. The molecule has 288 valence electrons. The smallest absolute Gasteiger partial charge is 0.411 e. The van der Waals surface area contributed by atoms with Gasteiger partial charge in [-0.2, -0.15) is 0 Å². The summed E-state index contributed by atoms with van der Waals surface area (Å²) in [7, 11) is 0. The van der Waals surface area contributed by atoms with Crippen molar-refractivity contribution in [3.05, 3.63) is 161 Å². The van der Waals surface area contributed by atoms with Crippen LogP contribution in [-0.4, -0.2) is 35.9 Å². The normalized spacial score (nSPS) is 14.2. The van der Waals surface area contributed by atoms with Crippen molar-refractivity contribution < 1.29 is 38.1 Å². The monoisotopic (exact) mass is 756 g/mol. The van der Waals surface area contributed by atoms with Gasteiger partial charge in [0.05, 0.1) is 0 Å². The molecule has 0 saturated carbocycles. The Hall–Kier alpha value is -7.34. The van der Waals surface area contributed by atoms with Crippen LogP contribution in [0.4, 0.5) is 15.3 Å². The number of hydrogen-bond acceptors (Lipinski definition) is 10. The highest BCUT2D eigenvalue weighted by Gasteiger charge is 2.24. The number of ether oxygens (including phenoxy) is 4. The molecule has 0 radical (unpaired) electrons. The summed E-state index contributed by atoms with van der Waals surface area (Å²) in [5.74, 6) is 0.286. The quantitative estimate of drug-likeness (QED) is 0.107. The predicted octanol–water partition coefficient (Wildman–Crippen LogP) is 9.58. The minimum Gasteiger partial charge on any atom is -0.411 e. The fraction of sp³-hybridized carbons (Fsp3) is 0.136. The summed E-state index contributed by atoms with van der Waals surface area (Å²) >= 11 is 0. The number of hydrogen-bond donors (Lipinski definition) is 2. The lowest BCUT2D eigenvalue weighted by molar-refractivity contribution is -0.130. The number of aryl methyl sites for hydroxylation is 1. The van der Waals surface area contributed by atoms with Crippen LogP contribution < -0.4 is 20.5 Å². The summed E-state index contributed by atoms with van der Waals surface area (Å²) in [5.41, 5.74) is 10.1. The molecule has 2 aliphatic rings. The maximum atomic E-state index is 12.1. The first-order chi connectivity index (χ1) is 27.0. The Morgan fingerprint density at radius 3 is 1.75 bits per heavy atom. The molecule has 4 aromatic carbocycles. The number of carbonyl (C=O) groups excluding carboxylic acids is 4. The van der Waals surface area contributed by atoms with Gasteiger partial charge in [0.1, 0.15) is 11.5 Å². The molecular formula is C44H44N4O8. The molecular weight excluding hydrogens is 713 g/mol. The lowest BCUT2D eigenvalue weighted by atomic mass is 10.2. The van der Waals surface area contributed by atoms with E-state index < -0.39 is 24.1 Å². The Kier molecular flexibility index (Phi) is 16.9. The van der Waals surface area contributed by atoms with Crippen LogP contribution in [0.5, 0.6) is 11.5 Å². The third-order valence-electron chi connectivity index (χ3n) is 7.13. The first kappa shape index (κ1) is 43.1. The summed E-state index contributed by atoms with van der Waals surface area (Å²) in [6, 6.07) is 29.8. The van der Waals surface area contributed by atoms with Crippen LogP contribution in [0.25, 0.3) is 12.2 Å². The molecule has 12 heteroatoms. The number of amides is 2. The Labute approximate surface area is 326 Å². The van der Waals surface area contributed by atoms with Gasteiger partial charge in [-0.1, -0.05) is 86.2 Å². The maximum Gasteiger partial charge on any atom is 0.417 e. The number of nitrogens with two attached hydrogens (primary N) is 1. The van der Waals surface area contributed by atoms with Gasteiger partial charge in [-0.15, -0.1) is 6.58 Å². The van der Waals surface area contributed by atoms with Gasteiger partial charge in [-0.25, -0.2) is 29.2 Å². The number of esters is 2. The molecule has 0 atom stereocenters. The zero-order chi connectivity index (χ0) is 41.0. The molecule has 0 unspecified atom stereocenters. The number of primary amides is 1. The molecule has 2 amide bonds. The van der Waals surface area contributed by atoms with Gasteiger partial charge in [0.25, 0.3) is 0 Å². The zero-order valence-electron chi connectivity index (χ0n) is 32.1. The number of benzene rings is 4. The van der Waals surface area contributed by atoms with E-state index in [1.165, 1.54) is 0 Å². The van der Waals surface area contributed by atoms with E-state index in [0.29, 0.717) is 23.1 Å². The van der Waals surface area contributed by atoms with Gasteiger partial charge >= 0.3 is 24.1 Å². The molecule has 4 aromatic rings. The summed E-state index contributed by atoms with van der Waals surface area (Å²) in [6.07, 6.45) is 5.31. The van der Waals surface area contributed by atoms with E-state index in [4.69, 9.17) is 24.7 Å². The number of cyclic esters (lactones) is 2. The minimum absolute atomic E-state index is 0.208. The van der Waals surface area contributed by atoms with Crippen LogP contribution in [0.15, 0.2) is 149 Å². The Bertz CT molecular complexity index is 2150. The van der Waals surface area contributed by atoms with E-state index in [1.54, 1.807) is 78.9 Å². The van der Waals surface area contributed by atoms with E-state index in [1.807, 2.05) is 90.1 Å². The van der Waals surface area contributed by atoms with Gasteiger partial charge in [0, 0.05) is 16.8 Å². The van der Waals surface area contributed by atoms with Gasteiger partial charge in [0.2, 0.25) is 11.8 Å². The highest BCUT2D eigenvalue weighted by Crippen LogP contribution is 2.22. The molecule has 2 heterocycles. The van der Waals surface area contributed by atoms with Crippen LogP contribution in [0.1, 0.15) is 56.9 Å². The molecule has 6 rings (SSSR count).